The highest BCUT2D eigenvalue weighted by atomic mass is 16.1. The van der Waals surface area contributed by atoms with Crippen LogP contribution in [0.25, 0.3) is 27.9 Å². The van der Waals surface area contributed by atoms with Gasteiger partial charge >= 0.3 is 0 Å². The van der Waals surface area contributed by atoms with E-state index in [4.69, 9.17) is 10.7 Å². The molecule has 0 spiro atoms. The number of pyridine rings is 1. The highest BCUT2D eigenvalue weighted by Gasteiger charge is 2.18. The van der Waals surface area contributed by atoms with E-state index in [0.29, 0.717) is 40.3 Å². The van der Waals surface area contributed by atoms with Crippen molar-refractivity contribution in [3.05, 3.63) is 70.8 Å². The van der Waals surface area contributed by atoms with Crippen molar-refractivity contribution in [2.24, 2.45) is 7.05 Å². The monoisotopic (exact) mass is 386 g/mol. The van der Waals surface area contributed by atoms with E-state index in [-0.39, 0.29) is 5.56 Å². The zero-order chi connectivity index (χ0) is 20.1. The van der Waals surface area contributed by atoms with E-state index in [0.717, 1.165) is 11.3 Å². The number of aryl methyl sites for hydroxylation is 2. The number of fused-ring (bicyclic) bond motifs is 2. The van der Waals surface area contributed by atoms with Crippen LogP contribution in [-0.4, -0.2) is 33.9 Å². The van der Waals surface area contributed by atoms with Crippen LogP contribution in [0.15, 0.2) is 53.8 Å². The van der Waals surface area contributed by atoms with Gasteiger partial charge in [-0.25, -0.2) is 15.0 Å². The summed E-state index contributed by atoms with van der Waals surface area (Å²) in [7, 11) is 1.74. The second kappa shape index (κ2) is 6.26. The van der Waals surface area contributed by atoms with Crippen LogP contribution in [0.5, 0.6) is 0 Å². The molecule has 2 N–H and O–H groups in total. The van der Waals surface area contributed by atoms with E-state index in [1.54, 1.807) is 41.1 Å². The largest absolute Gasteiger partial charge is 0.397 e. The van der Waals surface area contributed by atoms with Gasteiger partial charge in [0.25, 0.3) is 5.56 Å². The van der Waals surface area contributed by atoms with E-state index in [2.05, 4.69) is 15.1 Å². The lowest BCUT2D eigenvalue weighted by Gasteiger charge is -2.15. The lowest BCUT2D eigenvalue weighted by Crippen LogP contribution is -2.27. The van der Waals surface area contributed by atoms with Gasteiger partial charge in [-0.1, -0.05) is 18.2 Å². The molecule has 5 aromatic rings. The first kappa shape index (κ1) is 17.1. The summed E-state index contributed by atoms with van der Waals surface area (Å²) in [6.45, 7) is 2.27. The molecule has 0 atom stereocenters. The maximum absolute atomic E-state index is 13.4. The number of hydrogen-bond donors (Lipinski definition) is 1. The van der Waals surface area contributed by atoms with Crippen LogP contribution in [0.4, 0.5) is 5.69 Å². The van der Waals surface area contributed by atoms with Crippen LogP contribution < -0.4 is 11.3 Å². The molecule has 0 aliphatic heterocycles. The maximum Gasteiger partial charge on any atom is 0.284 e. The van der Waals surface area contributed by atoms with Gasteiger partial charge in [0.1, 0.15) is 16.9 Å². The Morgan fingerprint density at radius 1 is 1.14 bits per heavy atom. The van der Waals surface area contributed by atoms with Crippen molar-refractivity contribution >= 4 is 27.9 Å². The summed E-state index contributed by atoms with van der Waals surface area (Å²) in [6, 6.07) is 9.43. The zero-order valence-corrected chi connectivity index (χ0v) is 15.9. The second-order valence-corrected chi connectivity index (χ2v) is 6.90. The van der Waals surface area contributed by atoms with Crippen molar-refractivity contribution in [3.8, 4) is 5.69 Å². The summed E-state index contributed by atoms with van der Waals surface area (Å²) >= 11 is 0. The van der Waals surface area contributed by atoms with Gasteiger partial charge in [0.05, 0.1) is 30.4 Å². The van der Waals surface area contributed by atoms with Crippen LogP contribution in [0.3, 0.4) is 0 Å². The van der Waals surface area contributed by atoms with Crippen LogP contribution in [-0.2, 0) is 13.6 Å². The summed E-state index contributed by atoms with van der Waals surface area (Å²) in [5.74, 6) is 0.563. The number of nitrogens with zero attached hydrogens (tertiary/aromatic N) is 7. The maximum atomic E-state index is 13.4. The molecular weight excluding hydrogens is 368 g/mol. The third kappa shape index (κ3) is 2.59. The Bertz CT molecular complexity index is 1440. The first-order valence-corrected chi connectivity index (χ1v) is 9.09. The molecule has 4 heterocycles. The SMILES string of the molecule is Cc1ccccc1-n1c(Cn2cnc3c(N)ccnc32)nc2cnn(C)c2c1=O. The van der Waals surface area contributed by atoms with E-state index >= 15 is 0 Å². The Labute approximate surface area is 165 Å². The lowest BCUT2D eigenvalue weighted by atomic mass is 10.2. The fourth-order valence-electron chi connectivity index (χ4n) is 3.59. The molecule has 5 rings (SSSR count). The molecule has 9 nitrogen and oxygen atoms in total. The molecule has 4 aromatic heterocycles. The van der Waals surface area contributed by atoms with Gasteiger partial charge in [0.15, 0.2) is 11.2 Å². The molecule has 0 amide bonds. The molecule has 9 heteroatoms. The number of para-hydroxylation sites is 1. The first-order valence-electron chi connectivity index (χ1n) is 9.09. The third-order valence-corrected chi connectivity index (χ3v) is 5.04. The lowest BCUT2D eigenvalue weighted by molar-refractivity contribution is 0.712. The molecule has 1 aromatic carbocycles. The van der Waals surface area contributed by atoms with Gasteiger partial charge in [0.2, 0.25) is 0 Å². The number of aromatic nitrogens is 7. The summed E-state index contributed by atoms with van der Waals surface area (Å²) in [6.07, 6.45) is 4.91. The number of nitrogens with two attached hydrogens (primary N) is 1. The summed E-state index contributed by atoms with van der Waals surface area (Å²) in [5, 5.41) is 4.21. The van der Waals surface area contributed by atoms with Crippen molar-refractivity contribution in [1.29, 1.82) is 0 Å². The number of hydrogen-bond acceptors (Lipinski definition) is 6. The van der Waals surface area contributed by atoms with E-state index in [1.807, 2.05) is 35.8 Å². The van der Waals surface area contributed by atoms with Gasteiger partial charge in [-0.15, -0.1) is 0 Å². The van der Waals surface area contributed by atoms with Gasteiger partial charge < -0.3 is 10.3 Å². The minimum atomic E-state index is -0.170. The zero-order valence-electron chi connectivity index (χ0n) is 15.9. The standard InChI is InChI=1S/C20H18N8O/c1-12-5-3-4-6-15(12)28-16(25-14-9-24-26(2)18(14)20(28)29)10-27-11-23-17-13(21)7-8-22-19(17)27/h3-9,11H,10H2,1-2H3,(H2,21,22). The highest BCUT2D eigenvalue weighted by Crippen LogP contribution is 2.20. The van der Waals surface area contributed by atoms with Crippen LogP contribution in [0.1, 0.15) is 11.4 Å². The molecule has 0 saturated heterocycles. The molecule has 0 saturated carbocycles. The number of benzene rings is 1. The molecule has 0 aliphatic carbocycles. The molecule has 0 unspecified atom stereocenters. The average Bonchev–Trinajstić information content (AvgIpc) is 3.28. The Kier molecular flexibility index (Phi) is 3.70. The van der Waals surface area contributed by atoms with Crippen molar-refractivity contribution in [1.82, 2.24) is 33.9 Å². The van der Waals surface area contributed by atoms with Gasteiger partial charge in [0, 0.05) is 13.2 Å². The van der Waals surface area contributed by atoms with E-state index in [9.17, 15) is 4.79 Å². The quantitative estimate of drug-likeness (QED) is 0.506. The summed E-state index contributed by atoms with van der Waals surface area (Å²) in [5.41, 5.74) is 10.4. The Balaban J connectivity index is 1.78. The molecular formula is C20H18N8O. The van der Waals surface area contributed by atoms with Crippen molar-refractivity contribution < 1.29 is 0 Å². The Hall–Kier alpha value is -4.01. The number of nitrogen functional groups attached to an aromatic ring is 1. The molecule has 29 heavy (non-hydrogen) atoms. The fourth-order valence-corrected chi connectivity index (χ4v) is 3.59. The van der Waals surface area contributed by atoms with Gasteiger partial charge in [-0.2, -0.15) is 5.10 Å². The predicted molar refractivity (Wildman–Crippen MR) is 110 cm³/mol. The van der Waals surface area contributed by atoms with Crippen LogP contribution in [0, 0.1) is 6.92 Å². The molecule has 0 aliphatic rings. The predicted octanol–water partition coefficient (Wildman–Crippen LogP) is 1.80. The van der Waals surface area contributed by atoms with Gasteiger partial charge in [-0.3, -0.25) is 14.0 Å². The fraction of sp³-hybridized carbons (Fsp3) is 0.150. The normalized spacial score (nSPS) is 11.5. The molecule has 144 valence electrons. The Morgan fingerprint density at radius 2 is 1.97 bits per heavy atom. The topological polar surface area (TPSA) is 109 Å². The van der Waals surface area contributed by atoms with Crippen molar-refractivity contribution in [3.63, 3.8) is 0 Å². The molecule has 0 bridgehead atoms. The van der Waals surface area contributed by atoms with Crippen LogP contribution in [0.2, 0.25) is 0 Å². The number of imidazole rings is 1. The minimum Gasteiger partial charge on any atom is -0.397 e. The Morgan fingerprint density at radius 3 is 2.79 bits per heavy atom. The highest BCUT2D eigenvalue weighted by molar-refractivity contribution is 5.83. The average molecular weight is 386 g/mol. The van der Waals surface area contributed by atoms with Gasteiger partial charge in [-0.05, 0) is 24.6 Å². The first-order chi connectivity index (χ1) is 14.0. The second-order valence-electron chi connectivity index (χ2n) is 6.90. The molecule has 0 radical (unpaired) electrons. The van der Waals surface area contributed by atoms with E-state index < -0.39 is 0 Å². The number of anilines is 1. The summed E-state index contributed by atoms with van der Waals surface area (Å²) < 4.78 is 5.03. The van der Waals surface area contributed by atoms with Crippen molar-refractivity contribution in [2.75, 3.05) is 5.73 Å². The summed E-state index contributed by atoms with van der Waals surface area (Å²) in [4.78, 5) is 26.9. The number of rotatable bonds is 3. The smallest absolute Gasteiger partial charge is 0.284 e. The minimum absolute atomic E-state index is 0.170. The van der Waals surface area contributed by atoms with E-state index in [1.165, 1.54) is 0 Å². The van der Waals surface area contributed by atoms with Crippen molar-refractivity contribution in [2.45, 2.75) is 13.5 Å². The molecule has 0 fully saturated rings. The third-order valence-electron chi connectivity index (χ3n) is 5.04. The van der Waals surface area contributed by atoms with Crippen LogP contribution >= 0.6 is 0 Å².